The molecule has 0 amide bonds. The number of hydrogen-bond donors (Lipinski definition) is 3. The van der Waals surface area contributed by atoms with Crippen molar-refractivity contribution < 1.29 is 10.0 Å². The molecular formula is C12H21Cl2N3O3. The monoisotopic (exact) mass is 325 g/mol. The lowest BCUT2D eigenvalue weighted by Gasteiger charge is -2.08. The fraction of sp³-hybridized carbons (Fsp3) is 0.500. The topological polar surface area (TPSA) is 87.4 Å². The van der Waals surface area contributed by atoms with Gasteiger partial charge in [0.15, 0.2) is 0 Å². The molecule has 3 N–H and O–H groups in total. The molecule has 0 aliphatic rings. The first kappa shape index (κ1) is 21.4. The van der Waals surface area contributed by atoms with E-state index in [1.807, 2.05) is 0 Å². The van der Waals surface area contributed by atoms with Crippen LogP contribution in [0, 0.1) is 10.1 Å². The minimum atomic E-state index is -0.406. The molecule has 1 aromatic carbocycles. The first-order valence-corrected chi connectivity index (χ1v) is 5.92. The molecular weight excluding hydrogens is 305 g/mol. The Kier molecular flexibility index (Phi) is 12.7. The Morgan fingerprint density at radius 1 is 1.20 bits per heavy atom. The number of rotatable bonds is 8. The van der Waals surface area contributed by atoms with Crippen molar-refractivity contribution in [2.45, 2.75) is 19.6 Å². The highest BCUT2D eigenvalue weighted by Crippen LogP contribution is 2.11. The fourth-order valence-electron chi connectivity index (χ4n) is 1.46. The smallest absolute Gasteiger partial charge is 0.269 e. The van der Waals surface area contributed by atoms with Crippen LogP contribution in [0.4, 0.5) is 5.69 Å². The average molecular weight is 326 g/mol. The zero-order chi connectivity index (χ0) is 13.4. The highest BCUT2D eigenvalue weighted by atomic mass is 35.5. The number of nitrogens with one attached hydrogen (secondary N) is 2. The molecule has 0 aromatic heterocycles. The van der Waals surface area contributed by atoms with Gasteiger partial charge >= 0.3 is 0 Å². The van der Waals surface area contributed by atoms with Crippen molar-refractivity contribution >= 4 is 30.5 Å². The number of nitrogens with zero attached hydrogens (tertiary/aromatic N) is 1. The lowest BCUT2D eigenvalue weighted by molar-refractivity contribution is -0.384. The molecule has 1 aromatic rings. The van der Waals surface area contributed by atoms with Gasteiger partial charge in [0, 0.05) is 38.3 Å². The van der Waals surface area contributed by atoms with Crippen molar-refractivity contribution in [3.63, 3.8) is 0 Å². The standard InChI is InChI=1S/C12H19N3O3.2ClH/c1-10(16)8-13-6-7-14-9-11-2-4-12(5-3-11)15(17)18;;/h2-5,10,13-14,16H,6-9H2,1H3;2*1H. The molecule has 0 spiro atoms. The van der Waals surface area contributed by atoms with Gasteiger partial charge < -0.3 is 15.7 Å². The van der Waals surface area contributed by atoms with Crippen LogP contribution >= 0.6 is 24.8 Å². The minimum absolute atomic E-state index is 0. The second-order valence-electron chi connectivity index (χ2n) is 4.15. The Balaban J connectivity index is 0. The summed E-state index contributed by atoms with van der Waals surface area (Å²) in [6.07, 6.45) is -0.334. The molecule has 0 aliphatic heterocycles. The summed E-state index contributed by atoms with van der Waals surface area (Å²) in [6, 6.07) is 6.49. The highest BCUT2D eigenvalue weighted by molar-refractivity contribution is 5.85. The second-order valence-corrected chi connectivity index (χ2v) is 4.15. The van der Waals surface area contributed by atoms with Gasteiger partial charge in [0.05, 0.1) is 11.0 Å². The van der Waals surface area contributed by atoms with Gasteiger partial charge in [0.2, 0.25) is 0 Å². The Morgan fingerprint density at radius 3 is 2.25 bits per heavy atom. The van der Waals surface area contributed by atoms with E-state index in [1.165, 1.54) is 12.1 Å². The maximum Gasteiger partial charge on any atom is 0.269 e. The third-order valence-electron chi connectivity index (χ3n) is 2.39. The van der Waals surface area contributed by atoms with Crippen molar-refractivity contribution in [1.82, 2.24) is 10.6 Å². The van der Waals surface area contributed by atoms with Crippen LogP contribution in [0.5, 0.6) is 0 Å². The van der Waals surface area contributed by atoms with Crippen molar-refractivity contribution in [1.29, 1.82) is 0 Å². The van der Waals surface area contributed by atoms with Gasteiger partial charge in [0.25, 0.3) is 5.69 Å². The van der Waals surface area contributed by atoms with E-state index < -0.39 is 4.92 Å². The first-order valence-electron chi connectivity index (χ1n) is 5.92. The second kappa shape index (κ2) is 11.9. The molecule has 8 heteroatoms. The molecule has 20 heavy (non-hydrogen) atoms. The summed E-state index contributed by atoms with van der Waals surface area (Å²) in [5.74, 6) is 0. The highest BCUT2D eigenvalue weighted by Gasteiger charge is 2.03. The average Bonchev–Trinajstić information content (AvgIpc) is 2.34. The van der Waals surface area contributed by atoms with Crippen LogP contribution in [0.15, 0.2) is 24.3 Å². The van der Waals surface area contributed by atoms with E-state index in [0.29, 0.717) is 13.1 Å². The molecule has 0 fully saturated rings. The summed E-state index contributed by atoms with van der Waals surface area (Å²) < 4.78 is 0. The number of nitro benzene ring substituents is 1. The summed E-state index contributed by atoms with van der Waals surface area (Å²) in [4.78, 5) is 10.1. The Morgan fingerprint density at radius 2 is 1.75 bits per heavy atom. The maximum atomic E-state index is 10.5. The van der Waals surface area contributed by atoms with Crippen molar-refractivity contribution in [2.75, 3.05) is 19.6 Å². The van der Waals surface area contributed by atoms with Crippen LogP contribution in [-0.2, 0) is 6.54 Å². The molecule has 0 heterocycles. The third-order valence-corrected chi connectivity index (χ3v) is 2.39. The van der Waals surface area contributed by atoms with Gasteiger partial charge in [-0.3, -0.25) is 10.1 Å². The van der Waals surface area contributed by atoms with Gasteiger partial charge in [-0.1, -0.05) is 12.1 Å². The van der Waals surface area contributed by atoms with E-state index in [9.17, 15) is 10.1 Å². The van der Waals surface area contributed by atoms with Gasteiger partial charge in [-0.15, -0.1) is 24.8 Å². The predicted molar refractivity (Wildman–Crippen MR) is 83.8 cm³/mol. The molecule has 1 rings (SSSR count). The quantitative estimate of drug-likeness (QED) is 0.383. The molecule has 116 valence electrons. The summed E-state index contributed by atoms with van der Waals surface area (Å²) in [5.41, 5.74) is 1.12. The molecule has 0 bridgehead atoms. The van der Waals surface area contributed by atoms with Crippen LogP contribution in [0.3, 0.4) is 0 Å². The summed E-state index contributed by atoms with van der Waals surface area (Å²) in [6.45, 7) is 4.55. The van der Waals surface area contributed by atoms with Crippen LogP contribution in [0.1, 0.15) is 12.5 Å². The number of non-ortho nitro benzene ring substituents is 1. The van der Waals surface area contributed by atoms with Gasteiger partial charge in [-0.2, -0.15) is 0 Å². The third kappa shape index (κ3) is 9.06. The number of halogens is 2. The summed E-state index contributed by atoms with van der Waals surface area (Å²) in [7, 11) is 0. The zero-order valence-electron chi connectivity index (χ0n) is 11.2. The van der Waals surface area contributed by atoms with Gasteiger partial charge in [-0.05, 0) is 12.5 Å². The Labute approximate surface area is 130 Å². The SMILES string of the molecule is CC(O)CNCCNCc1ccc([N+](=O)[O-])cc1.Cl.Cl. The lowest BCUT2D eigenvalue weighted by atomic mass is 10.2. The summed E-state index contributed by atoms with van der Waals surface area (Å²) in [5, 5.41) is 25.8. The van der Waals surface area contributed by atoms with E-state index in [0.717, 1.165) is 18.7 Å². The normalized spacial score (nSPS) is 11.1. The van der Waals surface area contributed by atoms with E-state index in [1.54, 1.807) is 19.1 Å². The Hall–Kier alpha value is -0.920. The molecule has 0 aliphatic carbocycles. The van der Waals surface area contributed by atoms with E-state index >= 15 is 0 Å². The predicted octanol–water partition coefficient (Wildman–Crippen LogP) is 1.50. The molecule has 0 saturated heterocycles. The first-order chi connectivity index (χ1) is 8.59. The minimum Gasteiger partial charge on any atom is -0.392 e. The molecule has 0 radical (unpaired) electrons. The van der Waals surface area contributed by atoms with Crippen LogP contribution in [0.25, 0.3) is 0 Å². The van der Waals surface area contributed by atoms with E-state index in [2.05, 4.69) is 10.6 Å². The fourth-order valence-corrected chi connectivity index (χ4v) is 1.46. The molecule has 1 atom stereocenters. The van der Waals surface area contributed by atoms with Crippen LogP contribution in [-0.4, -0.2) is 35.8 Å². The number of nitro groups is 1. The number of aliphatic hydroxyl groups excluding tert-OH is 1. The molecule has 6 nitrogen and oxygen atoms in total. The van der Waals surface area contributed by atoms with Crippen molar-refractivity contribution in [3.05, 3.63) is 39.9 Å². The number of hydrogen-bond acceptors (Lipinski definition) is 5. The largest absolute Gasteiger partial charge is 0.392 e. The van der Waals surface area contributed by atoms with Gasteiger partial charge in [0.1, 0.15) is 0 Å². The molecule has 1 unspecified atom stereocenters. The molecule has 0 saturated carbocycles. The number of benzene rings is 1. The zero-order valence-corrected chi connectivity index (χ0v) is 12.9. The van der Waals surface area contributed by atoms with E-state index in [4.69, 9.17) is 5.11 Å². The van der Waals surface area contributed by atoms with Crippen LogP contribution in [0.2, 0.25) is 0 Å². The summed E-state index contributed by atoms with van der Waals surface area (Å²) >= 11 is 0. The maximum absolute atomic E-state index is 10.5. The lowest BCUT2D eigenvalue weighted by Crippen LogP contribution is -2.31. The van der Waals surface area contributed by atoms with Crippen LogP contribution < -0.4 is 10.6 Å². The number of aliphatic hydroxyl groups is 1. The Bertz CT molecular complexity index is 375. The van der Waals surface area contributed by atoms with Gasteiger partial charge in [-0.25, -0.2) is 0 Å². The van der Waals surface area contributed by atoms with E-state index in [-0.39, 0.29) is 36.6 Å². The van der Waals surface area contributed by atoms with Crippen molar-refractivity contribution in [3.8, 4) is 0 Å². The van der Waals surface area contributed by atoms with Crippen molar-refractivity contribution in [2.24, 2.45) is 0 Å².